The Hall–Kier alpha value is -1.94. The molecule has 1 amide bonds. The molecule has 2 heterocycles. The lowest BCUT2D eigenvalue weighted by molar-refractivity contribution is 0.0532. The number of amides is 1. The quantitative estimate of drug-likeness (QED) is 0.737. The summed E-state index contributed by atoms with van der Waals surface area (Å²) in [5, 5.41) is 8.39. The average molecular weight is 447 g/mol. The minimum absolute atomic E-state index is 0.0632. The second-order valence-corrected chi connectivity index (χ2v) is 8.46. The van der Waals surface area contributed by atoms with Gasteiger partial charge in [0.2, 0.25) is 0 Å². The molecule has 10 heteroatoms. The Kier molecular flexibility index (Phi) is 6.76. The van der Waals surface area contributed by atoms with Crippen LogP contribution in [0.1, 0.15) is 25.6 Å². The van der Waals surface area contributed by atoms with E-state index in [0.717, 1.165) is 14.0 Å². The summed E-state index contributed by atoms with van der Waals surface area (Å²) >= 11 is 4.89. The van der Waals surface area contributed by atoms with Gasteiger partial charge in [0.25, 0.3) is 0 Å². The van der Waals surface area contributed by atoms with Gasteiger partial charge in [0.05, 0.1) is 19.4 Å². The number of nitrogens with one attached hydrogen (secondary N) is 1. The number of carbonyl (C=O) groups is 1. The van der Waals surface area contributed by atoms with Gasteiger partial charge in [-0.2, -0.15) is 5.10 Å². The standard InChI is InChI=1S/C16H20BrFN4O3S/c1-16(2,3)25-14(23)19-6-11(5-18)7-22-15(24)21(10-20-22)8-13-4-12(17)9-26-13/h4-5,9-10H,6-8H2,1-3H3,(H,19,23)/b11-5+. The van der Waals surface area contributed by atoms with E-state index in [2.05, 4.69) is 26.3 Å². The van der Waals surface area contributed by atoms with Crippen molar-refractivity contribution >= 4 is 33.4 Å². The third kappa shape index (κ3) is 6.10. The average Bonchev–Trinajstić information content (AvgIpc) is 3.09. The molecule has 2 rings (SSSR count). The largest absolute Gasteiger partial charge is 0.444 e. The molecular formula is C16H20BrFN4O3S. The van der Waals surface area contributed by atoms with E-state index in [9.17, 15) is 14.0 Å². The SMILES string of the molecule is CC(C)(C)OC(=O)NC/C(=C\F)Cn1ncn(Cc2cc(Br)cs2)c1=O. The minimum atomic E-state index is -0.655. The van der Waals surface area contributed by atoms with Crippen molar-refractivity contribution in [1.82, 2.24) is 19.7 Å². The fourth-order valence-electron chi connectivity index (χ4n) is 2.01. The molecule has 0 radical (unpaired) electrons. The van der Waals surface area contributed by atoms with Gasteiger partial charge < -0.3 is 10.1 Å². The molecule has 0 spiro atoms. The Bertz CT molecular complexity index is 850. The van der Waals surface area contributed by atoms with Crippen LogP contribution in [0.4, 0.5) is 9.18 Å². The van der Waals surface area contributed by atoms with Crippen LogP contribution in [0, 0.1) is 0 Å². The van der Waals surface area contributed by atoms with Crippen LogP contribution < -0.4 is 11.0 Å². The number of carbonyl (C=O) groups excluding carboxylic acids is 1. The number of halogens is 2. The Morgan fingerprint density at radius 1 is 1.50 bits per heavy atom. The van der Waals surface area contributed by atoms with Crippen molar-refractivity contribution in [1.29, 1.82) is 0 Å². The summed E-state index contributed by atoms with van der Waals surface area (Å²) in [6.07, 6.45) is 1.12. The molecule has 0 saturated carbocycles. The maximum atomic E-state index is 13.1. The second-order valence-electron chi connectivity index (χ2n) is 6.55. The van der Waals surface area contributed by atoms with Crippen molar-refractivity contribution in [2.45, 2.75) is 39.5 Å². The normalized spacial score (nSPS) is 12.3. The number of alkyl carbamates (subject to hydrolysis) is 1. The predicted octanol–water partition coefficient (Wildman–Crippen LogP) is 3.30. The van der Waals surface area contributed by atoms with Crippen molar-refractivity contribution in [3.05, 3.63) is 49.5 Å². The summed E-state index contributed by atoms with van der Waals surface area (Å²) in [4.78, 5) is 25.0. The van der Waals surface area contributed by atoms with Crippen molar-refractivity contribution in [2.75, 3.05) is 6.54 Å². The van der Waals surface area contributed by atoms with E-state index < -0.39 is 11.7 Å². The van der Waals surface area contributed by atoms with E-state index in [4.69, 9.17) is 4.74 Å². The molecule has 0 aliphatic rings. The zero-order chi connectivity index (χ0) is 19.3. The molecule has 7 nitrogen and oxygen atoms in total. The number of aromatic nitrogens is 3. The molecule has 26 heavy (non-hydrogen) atoms. The van der Waals surface area contributed by atoms with Gasteiger partial charge in [-0.05, 0) is 48.3 Å². The zero-order valence-corrected chi connectivity index (χ0v) is 17.1. The van der Waals surface area contributed by atoms with Crippen molar-refractivity contribution in [2.24, 2.45) is 0 Å². The zero-order valence-electron chi connectivity index (χ0n) is 14.7. The maximum Gasteiger partial charge on any atom is 0.407 e. The van der Waals surface area contributed by atoms with Crippen molar-refractivity contribution in [3.63, 3.8) is 0 Å². The summed E-state index contributed by atoms with van der Waals surface area (Å²) in [5.41, 5.74) is -0.802. The summed E-state index contributed by atoms with van der Waals surface area (Å²) < 4.78 is 21.7. The van der Waals surface area contributed by atoms with Gasteiger partial charge in [-0.25, -0.2) is 18.7 Å². The Balaban J connectivity index is 1.96. The number of thiophene rings is 1. The number of hydrogen-bond acceptors (Lipinski definition) is 5. The Morgan fingerprint density at radius 2 is 2.23 bits per heavy atom. The fourth-order valence-corrected chi connectivity index (χ4v) is 3.46. The van der Waals surface area contributed by atoms with Gasteiger partial charge in [-0.15, -0.1) is 11.3 Å². The molecule has 0 fully saturated rings. The van der Waals surface area contributed by atoms with Crippen LogP contribution in [0.5, 0.6) is 0 Å². The lowest BCUT2D eigenvalue weighted by Gasteiger charge is -2.19. The van der Waals surface area contributed by atoms with Gasteiger partial charge in [-0.3, -0.25) is 4.57 Å². The molecule has 2 aromatic rings. The van der Waals surface area contributed by atoms with Crippen LogP contribution in [-0.2, 0) is 17.8 Å². The van der Waals surface area contributed by atoms with Crippen LogP contribution in [0.15, 0.2) is 38.9 Å². The second kappa shape index (κ2) is 8.63. The monoisotopic (exact) mass is 446 g/mol. The first-order valence-corrected chi connectivity index (χ1v) is 9.45. The minimum Gasteiger partial charge on any atom is -0.444 e. The van der Waals surface area contributed by atoms with E-state index in [1.165, 1.54) is 22.2 Å². The molecule has 142 valence electrons. The van der Waals surface area contributed by atoms with Gasteiger partial charge >= 0.3 is 11.8 Å². The van der Waals surface area contributed by atoms with E-state index >= 15 is 0 Å². The first kappa shape index (κ1) is 20.4. The maximum absolute atomic E-state index is 13.1. The van der Waals surface area contributed by atoms with Crippen LogP contribution in [0.25, 0.3) is 0 Å². The molecule has 0 saturated heterocycles. The molecule has 0 unspecified atom stereocenters. The predicted molar refractivity (Wildman–Crippen MR) is 101 cm³/mol. The smallest absolute Gasteiger partial charge is 0.407 e. The molecule has 2 aromatic heterocycles. The third-order valence-electron chi connectivity index (χ3n) is 3.11. The highest BCUT2D eigenvalue weighted by atomic mass is 79.9. The van der Waals surface area contributed by atoms with Gasteiger partial charge in [0, 0.05) is 21.3 Å². The highest BCUT2D eigenvalue weighted by Crippen LogP contribution is 2.20. The van der Waals surface area contributed by atoms with Crippen molar-refractivity contribution < 1.29 is 13.9 Å². The van der Waals surface area contributed by atoms with E-state index in [-0.39, 0.29) is 24.4 Å². The molecule has 0 aliphatic carbocycles. The molecule has 0 aromatic carbocycles. The molecule has 1 N–H and O–H groups in total. The topological polar surface area (TPSA) is 78.2 Å². The van der Waals surface area contributed by atoms with Gasteiger partial charge in [0.1, 0.15) is 11.9 Å². The summed E-state index contributed by atoms with van der Waals surface area (Å²) in [6.45, 7) is 5.44. The first-order chi connectivity index (χ1) is 12.2. The Morgan fingerprint density at radius 3 is 2.81 bits per heavy atom. The summed E-state index contributed by atoms with van der Waals surface area (Å²) in [7, 11) is 0. The van der Waals surface area contributed by atoms with E-state index in [0.29, 0.717) is 12.9 Å². The van der Waals surface area contributed by atoms with E-state index in [1.807, 2.05) is 11.4 Å². The lowest BCUT2D eigenvalue weighted by atomic mass is 10.2. The number of ether oxygens (including phenoxy) is 1. The number of nitrogens with zero attached hydrogens (tertiary/aromatic N) is 3. The number of rotatable bonds is 6. The van der Waals surface area contributed by atoms with Crippen LogP contribution in [0.3, 0.4) is 0 Å². The summed E-state index contributed by atoms with van der Waals surface area (Å²) in [6, 6.07) is 1.92. The van der Waals surface area contributed by atoms with Gasteiger partial charge in [0.15, 0.2) is 0 Å². The number of hydrogen-bond donors (Lipinski definition) is 1. The van der Waals surface area contributed by atoms with Gasteiger partial charge in [-0.1, -0.05) is 0 Å². The highest BCUT2D eigenvalue weighted by Gasteiger charge is 2.16. The summed E-state index contributed by atoms with van der Waals surface area (Å²) in [5.74, 6) is 0. The lowest BCUT2D eigenvalue weighted by Crippen LogP contribution is -2.34. The molecule has 0 aliphatic heterocycles. The van der Waals surface area contributed by atoms with Crippen LogP contribution in [0.2, 0.25) is 0 Å². The van der Waals surface area contributed by atoms with Crippen LogP contribution in [-0.4, -0.2) is 32.6 Å². The van der Waals surface area contributed by atoms with Crippen molar-refractivity contribution in [3.8, 4) is 0 Å². The Labute approximate surface area is 162 Å². The van der Waals surface area contributed by atoms with Crippen LogP contribution >= 0.6 is 27.3 Å². The first-order valence-electron chi connectivity index (χ1n) is 7.78. The van der Waals surface area contributed by atoms with E-state index in [1.54, 1.807) is 20.8 Å². The molecule has 0 atom stereocenters. The molecular weight excluding hydrogens is 427 g/mol. The highest BCUT2D eigenvalue weighted by molar-refractivity contribution is 9.10. The third-order valence-corrected chi connectivity index (χ3v) is 4.79. The fraction of sp³-hybridized carbons (Fsp3) is 0.438. The molecule has 0 bridgehead atoms.